The van der Waals surface area contributed by atoms with E-state index >= 15 is 0 Å². The molecule has 0 aliphatic carbocycles. The maximum Gasteiger partial charge on any atom is 0.315 e. The van der Waals surface area contributed by atoms with E-state index in [4.69, 9.17) is 35.9 Å². The van der Waals surface area contributed by atoms with Gasteiger partial charge in [-0.25, -0.2) is 4.98 Å². The molecule has 2 aromatic heterocycles. The molecule has 0 saturated carbocycles. The molecule has 2 N–H and O–H groups in total. The lowest BCUT2D eigenvalue weighted by molar-refractivity contribution is -0.385. The third-order valence-corrected chi connectivity index (χ3v) is 3.90. The van der Waals surface area contributed by atoms with Gasteiger partial charge < -0.3 is 14.7 Å². The van der Waals surface area contributed by atoms with Crippen LogP contribution in [0.2, 0.25) is 10.2 Å². The Balaban J connectivity index is 2.25. The molecule has 3 aromatic rings. The van der Waals surface area contributed by atoms with E-state index in [2.05, 4.69) is 15.1 Å². The summed E-state index contributed by atoms with van der Waals surface area (Å²) in [4.78, 5) is 17.7. The molecule has 134 valence electrons. The number of benzene rings is 1. The first-order valence-electron chi connectivity index (χ1n) is 9.57. The molecular weight excluding hydrogens is 387 g/mol. The molecule has 0 aliphatic rings. The van der Waals surface area contributed by atoms with Gasteiger partial charge in [0.05, 0.1) is 26.8 Å². The van der Waals surface area contributed by atoms with Crippen LogP contribution in [0.1, 0.15) is 19.5 Å². The lowest BCUT2D eigenvalue weighted by atomic mass is 10.1. The van der Waals surface area contributed by atoms with Crippen molar-refractivity contribution in [1.82, 2.24) is 15.1 Å². The van der Waals surface area contributed by atoms with Crippen LogP contribution in [0.15, 0.2) is 16.7 Å². The minimum absolute atomic E-state index is 0.185. The molecule has 0 aliphatic heterocycles. The van der Waals surface area contributed by atoms with Gasteiger partial charge in [0.1, 0.15) is 5.15 Å². The zero-order valence-corrected chi connectivity index (χ0v) is 13.8. The van der Waals surface area contributed by atoms with Crippen LogP contribution < -0.4 is 0 Å². The highest BCUT2D eigenvalue weighted by Crippen LogP contribution is 2.40. The van der Waals surface area contributed by atoms with Crippen molar-refractivity contribution in [1.29, 1.82) is 0 Å². The summed E-state index contributed by atoms with van der Waals surface area (Å²) in [5.41, 5.74) is -2.89. The van der Waals surface area contributed by atoms with Crippen LogP contribution in [0.5, 0.6) is 11.5 Å². The fourth-order valence-corrected chi connectivity index (χ4v) is 2.45. The molecule has 9 nitrogen and oxygen atoms in total. The summed E-state index contributed by atoms with van der Waals surface area (Å²) in [6.45, 7) is -5.83. The first kappa shape index (κ1) is 11.7. The number of pyridine rings is 1. The van der Waals surface area contributed by atoms with Crippen molar-refractivity contribution in [2.75, 3.05) is 0 Å². The number of nitrogens with zero attached hydrogens (tertiary/aromatic N) is 4. The molecule has 0 bridgehead atoms. The van der Waals surface area contributed by atoms with Gasteiger partial charge in [-0.15, -0.1) is 0 Å². The Morgan fingerprint density at radius 3 is 2.69 bits per heavy atom. The highest BCUT2D eigenvalue weighted by molar-refractivity contribution is 6.35. The van der Waals surface area contributed by atoms with E-state index in [1.807, 2.05) is 0 Å². The third kappa shape index (κ3) is 2.91. The predicted octanol–water partition coefficient (Wildman–Crippen LogP) is 4.04. The first-order chi connectivity index (χ1) is 14.6. The molecule has 11 heteroatoms. The molecule has 0 fully saturated rings. The SMILES string of the molecule is [2H]C([2H])([2H])c1nc(Cl)c(-c2noc(-c3cc(O)c(O)c([N+](=O)[O-])c3)n2)c(C([2H])([2H])[2H])c1Cl. The molecule has 0 atom stereocenters. The number of halogens is 2. The molecular formula is C15H10Cl2N4O5. The van der Waals surface area contributed by atoms with Crippen LogP contribution in [-0.4, -0.2) is 30.3 Å². The van der Waals surface area contributed by atoms with Crippen LogP contribution in [0.3, 0.4) is 0 Å². The number of phenolic OH excluding ortho intramolecular Hbond substituents is 2. The van der Waals surface area contributed by atoms with E-state index in [0.717, 1.165) is 12.1 Å². The third-order valence-electron chi connectivity index (χ3n) is 3.26. The number of nitro benzene ring substituents is 1. The topological polar surface area (TPSA) is 135 Å². The van der Waals surface area contributed by atoms with Crippen molar-refractivity contribution in [3.63, 3.8) is 0 Å². The zero-order valence-electron chi connectivity index (χ0n) is 18.3. The van der Waals surface area contributed by atoms with Gasteiger partial charge >= 0.3 is 5.69 Å². The Kier molecular flexibility index (Phi) is 2.88. The van der Waals surface area contributed by atoms with E-state index < -0.39 is 74.5 Å². The molecule has 0 amide bonds. The highest BCUT2D eigenvalue weighted by atomic mass is 35.5. The largest absolute Gasteiger partial charge is 0.504 e. The molecule has 1 aromatic carbocycles. The monoisotopic (exact) mass is 402 g/mol. The Labute approximate surface area is 164 Å². The number of aromatic nitrogens is 3. The molecule has 2 heterocycles. The van der Waals surface area contributed by atoms with Gasteiger partial charge in [0.25, 0.3) is 5.89 Å². The summed E-state index contributed by atoms with van der Waals surface area (Å²) in [6, 6.07) is 1.73. The summed E-state index contributed by atoms with van der Waals surface area (Å²) < 4.78 is 50.7. The van der Waals surface area contributed by atoms with Gasteiger partial charge in [-0.05, 0) is 25.3 Å². The van der Waals surface area contributed by atoms with Crippen molar-refractivity contribution >= 4 is 28.9 Å². The lowest BCUT2D eigenvalue weighted by Gasteiger charge is -2.07. The molecule has 0 saturated heterocycles. The maximum atomic E-state index is 11.1. The van der Waals surface area contributed by atoms with Crippen molar-refractivity contribution < 1.29 is 27.9 Å². The van der Waals surface area contributed by atoms with Crippen molar-refractivity contribution in [3.05, 3.63) is 43.7 Å². The number of aromatic hydroxyl groups is 2. The van der Waals surface area contributed by atoms with Crippen LogP contribution in [-0.2, 0) is 0 Å². The van der Waals surface area contributed by atoms with E-state index in [1.165, 1.54) is 0 Å². The second-order valence-corrected chi connectivity index (χ2v) is 5.59. The summed E-state index contributed by atoms with van der Waals surface area (Å²) >= 11 is 12.1. The number of hydrogen-bond acceptors (Lipinski definition) is 8. The average Bonchev–Trinajstić information content (AvgIpc) is 3.12. The maximum absolute atomic E-state index is 11.1. The van der Waals surface area contributed by atoms with Crippen LogP contribution in [0, 0.1) is 23.8 Å². The second-order valence-electron chi connectivity index (χ2n) is 4.86. The molecule has 0 radical (unpaired) electrons. The average molecular weight is 403 g/mol. The molecule has 0 unspecified atom stereocenters. The number of nitro groups is 1. The molecule has 3 rings (SSSR count). The van der Waals surface area contributed by atoms with E-state index in [9.17, 15) is 20.3 Å². The second kappa shape index (κ2) is 6.43. The Hall–Kier alpha value is -2.91. The summed E-state index contributed by atoms with van der Waals surface area (Å²) in [5.74, 6) is -2.70. The Bertz CT molecular complexity index is 1240. The number of phenols is 2. The van der Waals surface area contributed by atoms with Gasteiger partial charge in [0, 0.05) is 14.3 Å². The van der Waals surface area contributed by atoms with Crippen molar-refractivity contribution in [3.8, 4) is 34.3 Å². The Morgan fingerprint density at radius 1 is 1.27 bits per heavy atom. The number of hydrogen-bond donors (Lipinski definition) is 2. The quantitative estimate of drug-likeness (QED) is 0.289. The van der Waals surface area contributed by atoms with Crippen molar-refractivity contribution in [2.24, 2.45) is 0 Å². The van der Waals surface area contributed by atoms with Gasteiger partial charge in [-0.2, -0.15) is 4.98 Å². The normalized spacial score (nSPS) is 15.3. The smallest absolute Gasteiger partial charge is 0.315 e. The Morgan fingerprint density at radius 2 is 2.04 bits per heavy atom. The standard InChI is InChI=1S/C15H10Cl2N4O5/c1-5-10(13(17)18-6(2)11(5)16)14-19-15(26-20-14)7-3-8(21(24)25)12(23)9(22)4-7/h3-4,22-23H,1-2H3/i1D3,2D3. The van der Waals surface area contributed by atoms with E-state index in [-0.39, 0.29) is 5.56 Å². The lowest BCUT2D eigenvalue weighted by Crippen LogP contribution is -1.95. The van der Waals surface area contributed by atoms with Gasteiger partial charge in [-0.1, -0.05) is 28.4 Å². The predicted molar refractivity (Wildman–Crippen MR) is 92.4 cm³/mol. The van der Waals surface area contributed by atoms with Gasteiger partial charge in [-0.3, -0.25) is 10.1 Å². The van der Waals surface area contributed by atoms with E-state index in [1.54, 1.807) is 0 Å². The number of rotatable bonds is 3. The minimum Gasteiger partial charge on any atom is -0.504 e. The van der Waals surface area contributed by atoms with E-state index in [0.29, 0.717) is 0 Å². The molecule has 26 heavy (non-hydrogen) atoms. The molecule has 0 spiro atoms. The van der Waals surface area contributed by atoms with Crippen LogP contribution in [0.25, 0.3) is 22.8 Å². The fraction of sp³-hybridized carbons (Fsp3) is 0.133. The highest BCUT2D eigenvalue weighted by Gasteiger charge is 2.24. The van der Waals surface area contributed by atoms with Crippen LogP contribution in [0.4, 0.5) is 5.69 Å². The number of aryl methyl sites for hydroxylation is 1. The summed E-state index contributed by atoms with van der Waals surface area (Å²) in [7, 11) is 0. The zero-order chi connectivity index (χ0) is 24.2. The minimum atomic E-state index is -2.96. The van der Waals surface area contributed by atoms with Crippen LogP contribution >= 0.6 is 23.2 Å². The fourth-order valence-electron chi connectivity index (χ4n) is 2.05. The van der Waals surface area contributed by atoms with Crippen molar-refractivity contribution in [2.45, 2.75) is 13.7 Å². The van der Waals surface area contributed by atoms with Gasteiger partial charge in [0.15, 0.2) is 5.75 Å². The summed E-state index contributed by atoms with van der Waals surface area (Å²) in [5, 5.41) is 32.7. The van der Waals surface area contributed by atoms with Gasteiger partial charge in [0.2, 0.25) is 11.6 Å². The summed E-state index contributed by atoms with van der Waals surface area (Å²) in [6.07, 6.45) is 0. The first-order valence-corrected chi connectivity index (χ1v) is 7.33.